The van der Waals surface area contributed by atoms with Crippen LogP contribution in [0.15, 0.2) is 72.8 Å². The fraction of sp³-hybridized carbons (Fsp3) is 0.574. The Hall–Kier alpha value is -3.60. The lowest BCUT2D eigenvalue weighted by Gasteiger charge is -2.38. The first kappa shape index (κ1) is 45.1. The molecule has 9 heteroatoms. The monoisotopic (exact) mass is 772 g/mol. The molecule has 4 rings (SSSR count). The minimum atomic E-state index is -0.520. The highest BCUT2D eigenvalue weighted by atomic mass is 16.7. The van der Waals surface area contributed by atoms with Gasteiger partial charge in [0.1, 0.15) is 0 Å². The molecule has 0 spiro atoms. The molecule has 0 saturated carbocycles. The molecule has 3 aromatic rings. The number of benzene rings is 3. The van der Waals surface area contributed by atoms with E-state index in [1.807, 2.05) is 30.3 Å². The van der Waals surface area contributed by atoms with Crippen molar-refractivity contribution in [1.82, 2.24) is 15.7 Å². The number of hydrogen-bond donors (Lipinski definition) is 4. The summed E-state index contributed by atoms with van der Waals surface area (Å²) in [6.07, 6.45) is 17.2. The minimum absolute atomic E-state index is 0.00676. The number of unbranched alkanes of at least 4 members (excludes halogenated alkanes) is 11. The number of hydroxylamine groups is 1. The van der Waals surface area contributed by atoms with Crippen molar-refractivity contribution in [3.8, 4) is 11.1 Å². The third-order valence-corrected chi connectivity index (χ3v) is 10.9. The number of carbonyl (C=O) groups is 2. The van der Waals surface area contributed by atoms with E-state index in [0.717, 1.165) is 59.4 Å². The Balaban J connectivity index is 1.45. The van der Waals surface area contributed by atoms with Crippen LogP contribution in [0.2, 0.25) is 0 Å². The van der Waals surface area contributed by atoms with Gasteiger partial charge in [0.15, 0.2) is 6.29 Å². The molecule has 1 heterocycles. The van der Waals surface area contributed by atoms with Gasteiger partial charge in [-0.1, -0.05) is 151 Å². The highest BCUT2D eigenvalue weighted by molar-refractivity contribution is 5.77. The van der Waals surface area contributed by atoms with E-state index in [-0.39, 0.29) is 31.1 Å². The van der Waals surface area contributed by atoms with Gasteiger partial charge in [0.25, 0.3) is 0 Å². The maximum atomic E-state index is 12.5. The second kappa shape index (κ2) is 26.3. The van der Waals surface area contributed by atoms with Gasteiger partial charge in [-0.05, 0) is 66.6 Å². The molecule has 1 saturated heterocycles. The Kier molecular flexibility index (Phi) is 21.2. The normalized spacial score (nSPS) is 16.9. The number of nitrogens with one attached hydrogen (secondary N) is 2. The molecule has 0 unspecified atom stereocenters. The highest BCUT2D eigenvalue weighted by Crippen LogP contribution is 2.39. The van der Waals surface area contributed by atoms with Crippen molar-refractivity contribution < 1.29 is 29.4 Å². The predicted octanol–water partition coefficient (Wildman–Crippen LogP) is 10.1. The Bertz CT molecular complexity index is 1520. The largest absolute Gasteiger partial charge is 0.392 e. The zero-order valence-corrected chi connectivity index (χ0v) is 34.2. The zero-order valence-electron chi connectivity index (χ0n) is 34.2. The van der Waals surface area contributed by atoms with E-state index in [4.69, 9.17) is 14.7 Å². The lowest BCUT2D eigenvalue weighted by molar-refractivity contribution is -0.253. The van der Waals surface area contributed by atoms with Crippen LogP contribution in [0.4, 0.5) is 0 Å². The van der Waals surface area contributed by atoms with Crippen LogP contribution in [-0.2, 0) is 32.2 Å². The molecule has 3 aromatic carbocycles. The van der Waals surface area contributed by atoms with Crippen molar-refractivity contribution in [1.29, 1.82) is 0 Å². The number of nitrogens with zero attached hydrogens (tertiary/aromatic N) is 1. The summed E-state index contributed by atoms with van der Waals surface area (Å²) in [4.78, 5) is 26.4. The summed E-state index contributed by atoms with van der Waals surface area (Å²) in [5.41, 5.74) is 7.68. The average molecular weight is 772 g/mol. The van der Waals surface area contributed by atoms with Crippen LogP contribution >= 0.6 is 0 Å². The number of aliphatic hydroxyl groups is 1. The van der Waals surface area contributed by atoms with Crippen molar-refractivity contribution in [3.05, 3.63) is 95.1 Å². The van der Waals surface area contributed by atoms with Gasteiger partial charge in [0, 0.05) is 37.9 Å². The number of carbonyl (C=O) groups excluding carboxylic acids is 2. The molecule has 0 radical (unpaired) electrons. The lowest BCUT2D eigenvalue weighted by Crippen LogP contribution is -2.40. The first-order chi connectivity index (χ1) is 27.4. The van der Waals surface area contributed by atoms with Gasteiger partial charge in [-0.15, -0.1) is 0 Å². The summed E-state index contributed by atoms with van der Waals surface area (Å²) in [7, 11) is 0. The summed E-state index contributed by atoms with van der Waals surface area (Å²) in [5.74, 6) is -0.511. The van der Waals surface area contributed by atoms with Gasteiger partial charge in [0.05, 0.1) is 18.8 Å². The SMILES string of the molecule is CCCCCCCCN(CCCCCCCC)C[C@@H]1C[C@H](c2ccc(CO)cc2)O[C@H](c2ccc(-c3ccccc3CNC(=O)CCCCC(=O)NO)cc2)O1. The summed E-state index contributed by atoms with van der Waals surface area (Å²) < 4.78 is 13.6. The van der Waals surface area contributed by atoms with Gasteiger partial charge in [-0.2, -0.15) is 0 Å². The molecular weight excluding hydrogens is 703 g/mol. The Morgan fingerprint density at radius 2 is 1.29 bits per heavy atom. The van der Waals surface area contributed by atoms with Crippen LogP contribution < -0.4 is 10.8 Å². The molecule has 1 aliphatic rings. The van der Waals surface area contributed by atoms with Gasteiger partial charge < -0.3 is 24.8 Å². The molecule has 3 atom stereocenters. The van der Waals surface area contributed by atoms with Crippen molar-refractivity contribution in [2.75, 3.05) is 19.6 Å². The fourth-order valence-corrected chi connectivity index (χ4v) is 7.53. The number of ether oxygens (including phenoxy) is 2. The van der Waals surface area contributed by atoms with Crippen molar-refractivity contribution in [2.24, 2.45) is 0 Å². The molecule has 0 aromatic heterocycles. The summed E-state index contributed by atoms with van der Waals surface area (Å²) in [6.45, 7) is 8.03. The molecule has 0 bridgehead atoms. The third kappa shape index (κ3) is 16.1. The molecule has 308 valence electrons. The molecule has 4 N–H and O–H groups in total. The van der Waals surface area contributed by atoms with E-state index in [1.54, 1.807) is 5.48 Å². The van der Waals surface area contributed by atoms with E-state index in [2.05, 4.69) is 66.5 Å². The van der Waals surface area contributed by atoms with Gasteiger partial charge in [-0.25, -0.2) is 5.48 Å². The lowest BCUT2D eigenvalue weighted by atomic mass is 9.97. The first-order valence-electron chi connectivity index (χ1n) is 21.5. The second-order valence-corrected chi connectivity index (χ2v) is 15.5. The maximum absolute atomic E-state index is 12.5. The highest BCUT2D eigenvalue weighted by Gasteiger charge is 2.33. The van der Waals surface area contributed by atoms with E-state index >= 15 is 0 Å². The molecule has 1 aliphatic heterocycles. The molecule has 9 nitrogen and oxygen atoms in total. The number of aliphatic hydroxyl groups excluding tert-OH is 1. The van der Waals surface area contributed by atoms with Crippen molar-refractivity contribution in [2.45, 2.75) is 155 Å². The minimum Gasteiger partial charge on any atom is -0.392 e. The van der Waals surface area contributed by atoms with E-state index in [9.17, 15) is 14.7 Å². The Morgan fingerprint density at radius 1 is 0.696 bits per heavy atom. The molecule has 2 amide bonds. The first-order valence-corrected chi connectivity index (χ1v) is 21.5. The maximum Gasteiger partial charge on any atom is 0.243 e. The van der Waals surface area contributed by atoms with Crippen LogP contribution in [0.5, 0.6) is 0 Å². The smallest absolute Gasteiger partial charge is 0.243 e. The topological polar surface area (TPSA) is 120 Å². The predicted molar refractivity (Wildman–Crippen MR) is 224 cm³/mol. The van der Waals surface area contributed by atoms with E-state index in [0.29, 0.717) is 25.8 Å². The molecule has 1 fully saturated rings. The molecule has 56 heavy (non-hydrogen) atoms. The van der Waals surface area contributed by atoms with Gasteiger partial charge >= 0.3 is 0 Å². The standard InChI is InChI=1S/C47H69N3O6/c1-3-5-7-9-11-17-31-50(32-18-12-10-8-6-4-2)35-42-33-44(39-25-23-37(36-51)24-26-39)56-47(55-42)40-29-27-38(28-30-40)43-20-14-13-19-41(43)34-48-45(52)21-15-16-22-46(53)49-54/h13-14,19-20,23-30,42,44,47,51,54H,3-12,15-18,21-22,31-36H2,1-2H3,(H,48,52)(H,49,53)/t42-,44+,47+/m0/s1. The Morgan fingerprint density at radius 3 is 1.91 bits per heavy atom. The number of amides is 2. The average Bonchev–Trinajstić information content (AvgIpc) is 3.24. The Labute approximate surface area is 336 Å². The van der Waals surface area contributed by atoms with Gasteiger partial charge in [0.2, 0.25) is 11.8 Å². The van der Waals surface area contributed by atoms with Crippen molar-refractivity contribution in [3.63, 3.8) is 0 Å². The van der Waals surface area contributed by atoms with Crippen LogP contribution in [0.25, 0.3) is 11.1 Å². The third-order valence-electron chi connectivity index (χ3n) is 10.9. The quantitative estimate of drug-likeness (QED) is 0.0346. The zero-order chi connectivity index (χ0) is 39.8. The van der Waals surface area contributed by atoms with Crippen LogP contribution in [-0.4, -0.2) is 52.8 Å². The summed E-state index contributed by atoms with van der Waals surface area (Å²) in [6, 6.07) is 24.6. The van der Waals surface area contributed by atoms with E-state index in [1.165, 1.54) is 77.0 Å². The second-order valence-electron chi connectivity index (χ2n) is 15.5. The number of rotatable bonds is 27. The van der Waals surface area contributed by atoms with Crippen LogP contribution in [0, 0.1) is 0 Å². The molecule has 0 aliphatic carbocycles. The molecular formula is C47H69N3O6. The van der Waals surface area contributed by atoms with Gasteiger partial charge in [-0.3, -0.25) is 14.8 Å². The van der Waals surface area contributed by atoms with Crippen LogP contribution in [0.1, 0.15) is 158 Å². The van der Waals surface area contributed by atoms with Crippen LogP contribution in [0.3, 0.4) is 0 Å². The number of hydrogen-bond acceptors (Lipinski definition) is 7. The fourth-order valence-electron chi connectivity index (χ4n) is 7.53. The van der Waals surface area contributed by atoms with Crippen molar-refractivity contribution >= 4 is 11.8 Å². The summed E-state index contributed by atoms with van der Waals surface area (Å²) >= 11 is 0. The van der Waals surface area contributed by atoms with E-state index < -0.39 is 12.2 Å². The summed E-state index contributed by atoms with van der Waals surface area (Å²) in [5, 5.41) is 21.4.